The van der Waals surface area contributed by atoms with Crippen LogP contribution in [0, 0.1) is 10.1 Å². The Morgan fingerprint density at radius 1 is 1.09 bits per heavy atom. The molecule has 0 amide bonds. The molecule has 1 aliphatic rings. The third-order valence-electron chi connectivity index (χ3n) is 5.78. The minimum atomic E-state index is -0.383. The molecule has 1 aromatic heterocycles. The van der Waals surface area contributed by atoms with Crippen molar-refractivity contribution in [1.82, 2.24) is 9.80 Å². The first kappa shape index (κ1) is 23.5. The van der Waals surface area contributed by atoms with Crippen LogP contribution in [-0.4, -0.2) is 60.0 Å². The number of furan rings is 1. The largest absolute Gasteiger partial charge is 0.472 e. The molecule has 178 valence electrons. The number of nitro benzene ring substituents is 1. The Hall–Kier alpha value is -3.69. The maximum Gasteiger partial charge on any atom is 0.320 e. The molecule has 0 unspecified atom stereocenters. The van der Waals surface area contributed by atoms with Crippen molar-refractivity contribution in [1.29, 1.82) is 0 Å². The highest BCUT2D eigenvalue weighted by Gasteiger charge is 2.20. The molecule has 1 saturated heterocycles. The van der Waals surface area contributed by atoms with Crippen LogP contribution >= 0.6 is 0 Å². The zero-order chi connectivity index (χ0) is 23.9. The SMILES string of the molecule is CCOC(=O)CN1CCN(Cc2cccc(Nc3ccc(-c4ccoc4)cc3[N+](=O)[O-])c2)CC1. The molecule has 3 aromatic rings. The molecule has 0 spiro atoms. The van der Waals surface area contributed by atoms with Gasteiger partial charge in [-0.15, -0.1) is 0 Å². The average Bonchev–Trinajstić information content (AvgIpc) is 3.36. The Labute approximate surface area is 198 Å². The van der Waals surface area contributed by atoms with Gasteiger partial charge in [-0.3, -0.25) is 24.7 Å². The number of ether oxygens (including phenoxy) is 1. The molecular weight excluding hydrogens is 436 g/mol. The fraction of sp³-hybridized carbons (Fsp3) is 0.320. The van der Waals surface area contributed by atoms with Gasteiger partial charge in [-0.1, -0.05) is 18.2 Å². The van der Waals surface area contributed by atoms with Crippen molar-refractivity contribution in [3.63, 3.8) is 0 Å². The highest BCUT2D eigenvalue weighted by molar-refractivity contribution is 5.76. The standard InChI is InChI=1S/C25H28N4O5/c1-2-34-25(30)17-28-11-9-27(10-12-28)16-19-4-3-5-22(14-19)26-23-7-6-20(15-24(23)29(31)32)21-8-13-33-18-21/h3-8,13-15,18,26H,2,9-12,16-17H2,1H3. The number of carbonyl (C=O) groups excluding carboxylic acids is 1. The summed E-state index contributed by atoms with van der Waals surface area (Å²) in [4.78, 5) is 27.4. The zero-order valence-electron chi connectivity index (χ0n) is 19.1. The van der Waals surface area contributed by atoms with Gasteiger partial charge in [-0.05, 0) is 42.3 Å². The molecule has 0 aliphatic carbocycles. The van der Waals surface area contributed by atoms with E-state index in [1.165, 1.54) is 0 Å². The van der Waals surface area contributed by atoms with Gasteiger partial charge in [0.15, 0.2) is 0 Å². The molecule has 2 aromatic carbocycles. The van der Waals surface area contributed by atoms with Gasteiger partial charge in [0, 0.05) is 50.0 Å². The first-order chi connectivity index (χ1) is 16.5. The van der Waals surface area contributed by atoms with Crippen molar-refractivity contribution >= 4 is 23.0 Å². The molecule has 0 radical (unpaired) electrons. The van der Waals surface area contributed by atoms with E-state index in [0.29, 0.717) is 18.8 Å². The second-order valence-corrected chi connectivity index (χ2v) is 8.18. The quantitative estimate of drug-likeness (QED) is 0.285. The number of hydrogen-bond donors (Lipinski definition) is 1. The van der Waals surface area contributed by atoms with Gasteiger partial charge in [0.2, 0.25) is 0 Å². The fourth-order valence-corrected chi connectivity index (χ4v) is 4.05. The highest BCUT2D eigenvalue weighted by atomic mass is 16.6. The first-order valence-corrected chi connectivity index (χ1v) is 11.3. The van der Waals surface area contributed by atoms with Gasteiger partial charge in [-0.2, -0.15) is 0 Å². The number of anilines is 2. The lowest BCUT2D eigenvalue weighted by atomic mass is 10.1. The Morgan fingerprint density at radius 3 is 2.59 bits per heavy atom. The zero-order valence-corrected chi connectivity index (χ0v) is 19.1. The molecular formula is C25H28N4O5. The van der Waals surface area contributed by atoms with Crippen LogP contribution in [0.2, 0.25) is 0 Å². The number of benzene rings is 2. The second kappa shape index (κ2) is 11.0. The lowest BCUT2D eigenvalue weighted by Crippen LogP contribution is -2.47. The van der Waals surface area contributed by atoms with Crippen LogP contribution < -0.4 is 5.32 Å². The number of nitrogens with one attached hydrogen (secondary N) is 1. The van der Waals surface area contributed by atoms with Crippen molar-refractivity contribution in [2.75, 3.05) is 44.6 Å². The topological polar surface area (TPSA) is 101 Å². The summed E-state index contributed by atoms with van der Waals surface area (Å²) in [6, 6.07) is 14.8. The van der Waals surface area contributed by atoms with Crippen molar-refractivity contribution in [2.24, 2.45) is 0 Å². The molecule has 1 fully saturated rings. The minimum absolute atomic E-state index is 0.00169. The third-order valence-corrected chi connectivity index (χ3v) is 5.78. The normalized spacial score (nSPS) is 14.6. The van der Waals surface area contributed by atoms with E-state index in [-0.39, 0.29) is 16.6 Å². The molecule has 1 aliphatic heterocycles. The number of carbonyl (C=O) groups is 1. The summed E-state index contributed by atoms with van der Waals surface area (Å²) in [5.41, 5.74) is 3.85. The summed E-state index contributed by atoms with van der Waals surface area (Å²) in [5.74, 6) is -0.179. The monoisotopic (exact) mass is 464 g/mol. The fourth-order valence-electron chi connectivity index (χ4n) is 4.05. The van der Waals surface area contributed by atoms with Crippen LogP contribution in [0.25, 0.3) is 11.1 Å². The number of rotatable bonds is 9. The number of nitro groups is 1. The summed E-state index contributed by atoms with van der Waals surface area (Å²) in [7, 11) is 0. The Kier molecular flexibility index (Phi) is 7.56. The second-order valence-electron chi connectivity index (χ2n) is 8.18. The Bertz CT molecular complexity index is 1120. The third kappa shape index (κ3) is 6.00. The van der Waals surface area contributed by atoms with E-state index in [9.17, 15) is 14.9 Å². The van der Waals surface area contributed by atoms with Crippen LogP contribution in [0.5, 0.6) is 0 Å². The average molecular weight is 465 g/mol. The summed E-state index contributed by atoms with van der Waals surface area (Å²) < 4.78 is 10.1. The smallest absolute Gasteiger partial charge is 0.320 e. The summed E-state index contributed by atoms with van der Waals surface area (Å²) in [6.45, 7) is 6.66. The number of hydrogen-bond acceptors (Lipinski definition) is 8. The van der Waals surface area contributed by atoms with Crippen LogP contribution in [0.3, 0.4) is 0 Å². The van der Waals surface area contributed by atoms with Gasteiger partial charge in [0.25, 0.3) is 5.69 Å². The minimum Gasteiger partial charge on any atom is -0.472 e. The number of nitrogens with zero attached hydrogens (tertiary/aromatic N) is 3. The number of piperazine rings is 1. The molecule has 9 heteroatoms. The Morgan fingerprint density at radius 2 is 1.88 bits per heavy atom. The van der Waals surface area contributed by atoms with E-state index in [0.717, 1.165) is 55.1 Å². The van der Waals surface area contributed by atoms with Crippen molar-refractivity contribution in [3.8, 4) is 11.1 Å². The summed E-state index contributed by atoms with van der Waals surface area (Å²) >= 11 is 0. The Balaban J connectivity index is 1.39. The maximum absolute atomic E-state index is 11.7. The molecule has 2 heterocycles. The predicted octanol–water partition coefficient (Wildman–Crippen LogP) is 4.28. The first-order valence-electron chi connectivity index (χ1n) is 11.3. The van der Waals surface area contributed by atoms with Gasteiger partial charge < -0.3 is 14.5 Å². The molecule has 0 saturated carbocycles. The van der Waals surface area contributed by atoms with Crippen LogP contribution in [0.15, 0.2) is 65.5 Å². The van der Waals surface area contributed by atoms with Gasteiger partial charge in [0.1, 0.15) is 5.69 Å². The van der Waals surface area contributed by atoms with Crippen LogP contribution in [0.1, 0.15) is 12.5 Å². The van der Waals surface area contributed by atoms with E-state index in [4.69, 9.17) is 9.15 Å². The van der Waals surface area contributed by atoms with E-state index in [1.807, 2.05) is 37.3 Å². The molecule has 9 nitrogen and oxygen atoms in total. The lowest BCUT2D eigenvalue weighted by Gasteiger charge is -2.34. The van der Waals surface area contributed by atoms with Gasteiger partial charge >= 0.3 is 5.97 Å². The van der Waals surface area contributed by atoms with Crippen molar-refractivity contribution in [3.05, 3.63) is 76.7 Å². The van der Waals surface area contributed by atoms with Gasteiger partial charge in [0.05, 0.1) is 30.6 Å². The van der Waals surface area contributed by atoms with E-state index in [1.54, 1.807) is 30.7 Å². The van der Waals surface area contributed by atoms with Crippen molar-refractivity contribution < 1.29 is 18.9 Å². The van der Waals surface area contributed by atoms with Crippen LogP contribution in [0.4, 0.5) is 17.1 Å². The van der Waals surface area contributed by atoms with E-state index < -0.39 is 0 Å². The molecule has 0 atom stereocenters. The molecule has 1 N–H and O–H groups in total. The molecule has 34 heavy (non-hydrogen) atoms. The number of esters is 1. The van der Waals surface area contributed by atoms with E-state index in [2.05, 4.69) is 15.1 Å². The highest BCUT2D eigenvalue weighted by Crippen LogP contribution is 2.33. The predicted molar refractivity (Wildman–Crippen MR) is 129 cm³/mol. The van der Waals surface area contributed by atoms with E-state index >= 15 is 0 Å². The maximum atomic E-state index is 11.7. The molecule has 0 bridgehead atoms. The molecule has 4 rings (SSSR count). The van der Waals surface area contributed by atoms with Gasteiger partial charge in [-0.25, -0.2) is 0 Å². The summed E-state index contributed by atoms with van der Waals surface area (Å²) in [5, 5.41) is 14.9. The van der Waals surface area contributed by atoms with Crippen LogP contribution in [-0.2, 0) is 16.1 Å². The van der Waals surface area contributed by atoms with Crippen molar-refractivity contribution in [2.45, 2.75) is 13.5 Å². The summed E-state index contributed by atoms with van der Waals surface area (Å²) in [6.07, 6.45) is 3.10. The lowest BCUT2D eigenvalue weighted by molar-refractivity contribution is -0.383.